The van der Waals surface area contributed by atoms with Gasteiger partial charge >= 0.3 is 0 Å². The first-order chi connectivity index (χ1) is 15.8. The molecule has 0 aliphatic carbocycles. The van der Waals surface area contributed by atoms with Gasteiger partial charge in [-0.2, -0.15) is 0 Å². The van der Waals surface area contributed by atoms with Crippen molar-refractivity contribution in [3.63, 3.8) is 0 Å². The van der Waals surface area contributed by atoms with E-state index in [2.05, 4.69) is 76.9 Å². The molecule has 2 aliphatic rings. The zero-order chi connectivity index (χ0) is 21.8. The van der Waals surface area contributed by atoms with Crippen molar-refractivity contribution < 1.29 is 9.53 Å². The van der Waals surface area contributed by atoms with Crippen LogP contribution >= 0.6 is 0 Å². The number of fused-ring (bicyclic) bond motifs is 1. The van der Waals surface area contributed by atoms with Gasteiger partial charge in [-0.3, -0.25) is 4.79 Å². The zero-order valence-electron chi connectivity index (χ0n) is 18.4. The van der Waals surface area contributed by atoms with Crippen molar-refractivity contribution in [2.24, 2.45) is 5.92 Å². The number of carbonyl (C=O) groups excluding carboxylic acids is 1. The van der Waals surface area contributed by atoms with E-state index in [4.69, 9.17) is 4.74 Å². The molecule has 32 heavy (non-hydrogen) atoms. The predicted octanol–water partition coefficient (Wildman–Crippen LogP) is 4.18. The van der Waals surface area contributed by atoms with E-state index in [-0.39, 0.29) is 0 Å². The lowest BCUT2D eigenvalue weighted by molar-refractivity contribution is -0.111. The lowest BCUT2D eigenvalue weighted by Gasteiger charge is -2.40. The Morgan fingerprint density at radius 2 is 1.72 bits per heavy atom. The second kappa shape index (κ2) is 9.17. The van der Waals surface area contributed by atoms with Gasteiger partial charge in [0.25, 0.3) is 0 Å². The van der Waals surface area contributed by atoms with Crippen LogP contribution in [0.5, 0.6) is 5.75 Å². The fraction of sp³-hybridized carbons (Fsp3) is 0.321. The summed E-state index contributed by atoms with van der Waals surface area (Å²) in [4.78, 5) is 14.4. The Morgan fingerprint density at radius 3 is 2.41 bits per heavy atom. The molecular formula is C28H30N2O2. The van der Waals surface area contributed by atoms with E-state index in [1.54, 1.807) is 0 Å². The summed E-state index contributed by atoms with van der Waals surface area (Å²) in [5.74, 6) is 1.34. The van der Waals surface area contributed by atoms with Crippen molar-refractivity contribution in [1.82, 2.24) is 10.2 Å². The molecule has 1 N–H and O–H groups in total. The van der Waals surface area contributed by atoms with Gasteiger partial charge in [-0.25, -0.2) is 0 Å². The lowest BCUT2D eigenvalue weighted by atomic mass is 9.72. The molecule has 0 bridgehead atoms. The van der Waals surface area contributed by atoms with Gasteiger partial charge in [-0.1, -0.05) is 72.8 Å². The molecule has 1 fully saturated rings. The Labute approximate surface area is 190 Å². The predicted molar refractivity (Wildman–Crippen MR) is 127 cm³/mol. The van der Waals surface area contributed by atoms with E-state index in [1.165, 1.54) is 11.1 Å². The summed E-state index contributed by atoms with van der Waals surface area (Å²) in [5, 5.41) is 3.27. The minimum Gasteiger partial charge on any atom is -0.493 e. The van der Waals surface area contributed by atoms with E-state index < -0.39 is 5.54 Å². The average molecular weight is 427 g/mol. The molecule has 2 aliphatic heterocycles. The molecule has 1 atom stereocenters. The van der Waals surface area contributed by atoms with Gasteiger partial charge in [0.05, 0.1) is 12.1 Å². The van der Waals surface area contributed by atoms with E-state index in [9.17, 15) is 4.79 Å². The minimum atomic E-state index is -0.524. The Morgan fingerprint density at radius 1 is 1.00 bits per heavy atom. The molecule has 4 heteroatoms. The Bertz CT molecular complexity index is 1010. The van der Waals surface area contributed by atoms with Gasteiger partial charge < -0.3 is 15.0 Å². The third-order valence-electron chi connectivity index (χ3n) is 7.10. The fourth-order valence-electron chi connectivity index (χ4n) is 5.49. The van der Waals surface area contributed by atoms with Crippen LogP contribution in [0, 0.1) is 5.92 Å². The highest BCUT2D eigenvalue weighted by Gasteiger charge is 2.44. The number of rotatable bonds is 8. The normalized spacial score (nSPS) is 18.2. The number of likely N-dealkylation sites (tertiary alicyclic amines) is 1. The summed E-state index contributed by atoms with van der Waals surface area (Å²) in [5.41, 5.74) is 4.47. The second-order valence-corrected chi connectivity index (χ2v) is 8.88. The van der Waals surface area contributed by atoms with Crippen LogP contribution in [0.15, 0.2) is 78.9 Å². The van der Waals surface area contributed by atoms with E-state index in [0.717, 1.165) is 68.8 Å². The summed E-state index contributed by atoms with van der Waals surface area (Å²) < 4.78 is 5.64. The first-order valence-electron chi connectivity index (χ1n) is 11.6. The van der Waals surface area contributed by atoms with Crippen LogP contribution in [0.25, 0.3) is 0 Å². The van der Waals surface area contributed by atoms with Crippen LogP contribution in [0.2, 0.25) is 0 Å². The fourth-order valence-corrected chi connectivity index (χ4v) is 5.49. The maximum Gasteiger partial charge on any atom is 0.208 e. The first kappa shape index (κ1) is 20.8. The molecule has 3 aromatic rings. The van der Waals surface area contributed by atoms with Crippen LogP contribution in [0.3, 0.4) is 0 Å². The standard InChI is InChI=1S/C28H30N2O2/c31-21-29-28(24-7-3-1-4-8-24,25-9-5-2-6-10-25)26-14-17-30(20-26)16-13-22-11-12-27-23(19-22)15-18-32-27/h1-12,19,21,26H,13-18,20H2,(H,29,31)/t26-/m1/s1. The number of amides is 1. The van der Waals surface area contributed by atoms with Crippen LogP contribution < -0.4 is 10.1 Å². The van der Waals surface area contributed by atoms with E-state index in [1.807, 2.05) is 12.1 Å². The van der Waals surface area contributed by atoms with Crippen molar-refractivity contribution in [3.8, 4) is 5.75 Å². The second-order valence-electron chi connectivity index (χ2n) is 8.88. The number of hydrogen-bond donors (Lipinski definition) is 1. The van der Waals surface area contributed by atoms with Gasteiger partial charge in [0.2, 0.25) is 6.41 Å². The monoisotopic (exact) mass is 426 g/mol. The number of nitrogens with zero attached hydrogens (tertiary/aromatic N) is 1. The Kier molecular flexibility index (Phi) is 5.95. The highest BCUT2D eigenvalue weighted by Crippen LogP contribution is 2.41. The molecule has 2 heterocycles. The minimum absolute atomic E-state index is 0.297. The Hall–Kier alpha value is -3.11. The van der Waals surface area contributed by atoms with Crippen molar-refractivity contribution in [2.45, 2.75) is 24.8 Å². The van der Waals surface area contributed by atoms with Crippen LogP contribution in [-0.4, -0.2) is 37.6 Å². The van der Waals surface area contributed by atoms with Gasteiger partial charge in [0.15, 0.2) is 0 Å². The van der Waals surface area contributed by atoms with Gasteiger partial charge in [-0.15, -0.1) is 0 Å². The number of ether oxygens (including phenoxy) is 1. The quantitative estimate of drug-likeness (QED) is 0.550. The summed E-state index contributed by atoms with van der Waals surface area (Å²) in [6.07, 6.45) is 3.96. The van der Waals surface area contributed by atoms with Gasteiger partial charge in [0, 0.05) is 25.4 Å². The SMILES string of the molecule is O=CNC(c1ccccc1)(c1ccccc1)[C@@H]1CCN(CCc2ccc3c(c2)CCO3)C1. The van der Waals surface area contributed by atoms with Crippen molar-refractivity contribution in [2.75, 3.05) is 26.2 Å². The average Bonchev–Trinajstić information content (AvgIpc) is 3.52. The molecule has 4 nitrogen and oxygen atoms in total. The number of nitrogens with one attached hydrogen (secondary N) is 1. The van der Waals surface area contributed by atoms with Gasteiger partial charge in [-0.05, 0) is 47.7 Å². The maximum absolute atomic E-state index is 11.9. The number of carbonyl (C=O) groups is 1. The third-order valence-corrected chi connectivity index (χ3v) is 7.10. The molecule has 0 unspecified atom stereocenters. The summed E-state index contributed by atoms with van der Waals surface area (Å²) in [7, 11) is 0. The van der Waals surface area contributed by atoms with Crippen molar-refractivity contribution in [1.29, 1.82) is 0 Å². The maximum atomic E-state index is 11.9. The summed E-state index contributed by atoms with van der Waals surface area (Å²) >= 11 is 0. The molecule has 1 saturated heterocycles. The van der Waals surface area contributed by atoms with Gasteiger partial charge in [0.1, 0.15) is 5.75 Å². The Balaban J connectivity index is 1.37. The topological polar surface area (TPSA) is 41.6 Å². The highest BCUT2D eigenvalue weighted by atomic mass is 16.5. The highest BCUT2D eigenvalue weighted by molar-refractivity contribution is 5.54. The molecule has 0 spiro atoms. The van der Waals surface area contributed by atoms with E-state index in [0.29, 0.717) is 5.92 Å². The van der Waals surface area contributed by atoms with Crippen LogP contribution in [0.4, 0.5) is 0 Å². The molecule has 0 saturated carbocycles. The first-order valence-corrected chi connectivity index (χ1v) is 11.6. The van der Waals surface area contributed by atoms with Crippen molar-refractivity contribution >= 4 is 6.41 Å². The van der Waals surface area contributed by atoms with Crippen molar-refractivity contribution in [3.05, 3.63) is 101 Å². The number of hydrogen-bond acceptors (Lipinski definition) is 3. The molecule has 164 valence electrons. The lowest BCUT2D eigenvalue weighted by Crippen LogP contribution is -2.50. The summed E-state index contributed by atoms with van der Waals surface area (Å²) in [6.45, 7) is 3.83. The van der Waals surface area contributed by atoms with Crippen LogP contribution in [0.1, 0.15) is 28.7 Å². The van der Waals surface area contributed by atoms with Crippen LogP contribution in [-0.2, 0) is 23.2 Å². The van der Waals surface area contributed by atoms with E-state index >= 15 is 0 Å². The smallest absolute Gasteiger partial charge is 0.208 e. The largest absolute Gasteiger partial charge is 0.493 e. The molecule has 5 rings (SSSR count). The third kappa shape index (κ3) is 3.91. The molecule has 3 aromatic carbocycles. The number of benzene rings is 3. The zero-order valence-corrected chi connectivity index (χ0v) is 18.4. The molecular weight excluding hydrogens is 396 g/mol. The molecule has 0 aromatic heterocycles. The molecule has 1 amide bonds. The molecule has 0 radical (unpaired) electrons. The summed E-state index contributed by atoms with van der Waals surface area (Å²) in [6, 6.07) is 27.5.